The Kier molecular flexibility index (Phi) is 7.04. The number of hydrogen-bond donors (Lipinski definition) is 2. The van der Waals surface area contributed by atoms with Gasteiger partial charge in [0.2, 0.25) is 0 Å². The molecule has 0 aliphatic rings. The van der Waals surface area contributed by atoms with E-state index in [0.29, 0.717) is 11.5 Å². The fourth-order valence-electron chi connectivity index (χ4n) is 2.23. The SMILES string of the molecule is COC(=O)c1ccccc1NC(=O)c1ccc(NCCCN(C)C)nn1. The predicted molar refractivity (Wildman–Crippen MR) is 99.4 cm³/mol. The molecule has 1 aromatic carbocycles. The van der Waals surface area contributed by atoms with E-state index in [1.165, 1.54) is 7.11 Å². The number of rotatable bonds is 8. The highest BCUT2D eigenvalue weighted by atomic mass is 16.5. The average molecular weight is 357 g/mol. The van der Waals surface area contributed by atoms with Crippen LogP contribution in [0, 0.1) is 0 Å². The molecular formula is C18H23N5O3. The highest BCUT2D eigenvalue weighted by Gasteiger charge is 2.15. The smallest absolute Gasteiger partial charge is 0.339 e. The first kappa shape index (κ1) is 19.3. The molecule has 0 aliphatic carbocycles. The van der Waals surface area contributed by atoms with Gasteiger partial charge in [0.25, 0.3) is 5.91 Å². The second kappa shape index (κ2) is 9.47. The van der Waals surface area contributed by atoms with Crippen molar-refractivity contribution in [1.29, 1.82) is 0 Å². The molecule has 0 bridgehead atoms. The number of esters is 1. The summed E-state index contributed by atoms with van der Waals surface area (Å²) >= 11 is 0. The molecule has 2 N–H and O–H groups in total. The lowest BCUT2D eigenvalue weighted by atomic mass is 10.1. The number of carbonyl (C=O) groups is 2. The Morgan fingerprint density at radius 2 is 1.88 bits per heavy atom. The summed E-state index contributed by atoms with van der Waals surface area (Å²) in [6.07, 6.45) is 0.973. The third-order valence-corrected chi connectivity index (χ3v) is 3.57. The minimum Gasteiger partial charge on any atom is -0.465 e. The Hall–Kier alpha value is -3.00. The van der Waals surface area contributed by atoms with E-state index in [-0.39, 0.29) is 11.3 Å². The minimum atomic E-state index is -0.524. The summed E-state index contributed by atoms with van der Waals surface area (Å²) in [6.45, 7) is 1.74. The molecule has 2 aromatic rings. The average Bonchev–Trinajstić information content (AvgIpc) is 2.65. The first-order valence-corrected chi connectivity index (χ1v) is 8.22. The van der Waals surface area contributed by atoms with Gasteiger partial charge in [-0.3, -0.25) is 4.79 Å². The molecule has 0 saturated heterocycles. The number of anilines is 2. The largest absolute Gasteiger partial charge is 0.465 e. The van der Waals surface area contributed by atoms with Crippen LogP contribution in [-0.4, -0.2) is 61.3 Å². The monoisotopic (exact) mass is 357 g/mol. The molecule has 0 atom stereocenters. The molecule has 1 amide bonds. The van der Waals surface area contributed by atoms with Crippen molar-refractivity contribution in [2.45, 2.75) is 6.42 Å². The van der Waals surface area contributed by atoms with Gasteiger partial charge in [-0.15, -0.1) is 10.2 Å². The second-order valence-corrected chi connectivity index (χ2v) is 5.88. The quantitative estimate of drug-likeness (QED) is 0.550. The molecule has 1 heterocycles. The fourth-order valence-corrected chi connectivity index (χ4v) is 2.23. The van der Waals surface area contributed by atoms with Crippen molar-refractivity contribution < 1.29 is 14.3 Å². The molecule has 1 aromatic heterocycles. The fraction of sp³-hybridized carbons (Fsp3) is 0.333. The number of nitrogens with one attached hydrogen (secondary N) is 2. The van der Waals surface area contributed by atoms with Crippen LogP contribution in [0.25, 0.3) is 0 Å². The van der Waals surface area contributed by atoms with Crippen molar-refractivity contribution in [3.63, 3.8) is 0 Å². The lowest BCUT2D eigenvalue weighted by Crippen LogP contribution is -2.18. The van der Waals surface area contributed by atoms with Crippen LogP contribution in [0.4, 0.5) is 11.5 Å². The Labute approximate surface area is 152 Å². The minimum absolute atomic E-state index is 0.156. The second-order valence-electron chi connectivity index (χ2n) is 5.88. The van der Waals surface area contributed by atoms with Gasteiger partial charge in [-0.05, 0) is 51.3 Å². The van der Waals surface area contributed by atoms with Crippen LogP contribution < -0.4 is 10.6 Å². The van der Waals surface area contributed by atoms with Gasteiger partial charge in [-0.25, -0.2) is 4.79 Å². The number of carbonyl (C=O) groups excluding carboxylic acids is 2. The molecule has 0 fully saturated rings. The number of hydrogen-bond acceptors (Lipinski definition) is 7. The van der Waals surface area contributed by atoms with Gasteiger partial charge in [-0.2, -0.15) is 0 Å². The zero-order valence-electron chi connectivity index (χ0n) is 15.2. The molecule has 2 rings (SSSR count). The Bertz CT molecular complexity index is 747. The van der Waals surface area contributed by atoms with E-state index in [1.54, 1.807) is 36.4 Å². The van der Waals surface area contributed by atoms with Crippen molar-refractivity contribution in [3.8, 4) is 0 Å². The van der Waals surface area contributed by atoms with Gasteiger partial charge in [0.1, 0.15) is 5.82 Å². The van der Waals surface area contributed by atoms with Crippen molar-refractivity contribution >= 4 is 23.4 Å². The normalized spacial score (nSPS) is 10.5. The zero-order valence-corrected chi connectivity index (χ0v) is 15.2. The molecule has 138 valence electrons. The number of para-hydroxylation sites is 1. The van der Waals surface area contributed by atoms with Crippen LogP contribution in [0.3, 0.4) is 0 Å². The lowest BCUT2D eigenvalue weighted by molar-refractivity contribution is 0.0602. The van der Waals surface area contributed by atoms with Crippen molar-refractivity contribution in [2.75, 3.05) is 44.9 Å². The van der Waals surface area contributed by atoms with E-state index >= 15 is 0 Å². The van der Waals surface area contributed by atoms with Gasteiger partial charge in [0.15, 0.2) is 5.69 Å². The van der Waals surface area contributed by atoms with Gasteiger partial charge >= 0.3 is 5.97 Å². The maximum Gasteiger partial charge on any atom is 0.339 e. The summed E-state index contributed by atoms with van der Waals surface area (Å²) in [5.74, 6) is -0.368. The van der Waals surface area contributed by atoms with Crippen molar-refractivity contribution in [1.82, 2.24) is 15.1 Å². The molecule has 0 unspecified atom stereocenters. The van der Waals surface area contributed by atoms with Gasteiger partial charge in [0.05, 0.1) is 18.4 Å². The van der Waals surface area contributed by atoms with E-state index in [0.717, 1.165) is 19.5 Å². The first-order chi connectivity index (χ1) is 12.5. The molecule has 8 heteroatoms. The first-order valence-electron chi connectivity index (χ1n) is 8.22. The van der Waals surface area contributed by atoms with E-state index < -0.39 is 11.9 Å². The van der Waals surface area contributed by atoms with E-state index in [9.17, 15) is 9.59 Å². The molecule has 26 heavy (non-hydrogen) atoms. The molecule has 8 nitrogen and oxygen atoms in total. The number of nitrogens with zero attached hydrogens (tertiary/aromatic N) is 3. The maximum atomic E-state index is 12.3. The highest BCUT2D eigenvalue weighted by molar-refractivity contribution is 6.07. The summed E-state index contributed by atoms with van der Waals surface area (Å²) in [5.41, 5.74) is 0.788. The van der Waals surface area contributed by atoms with Gasteiger partial charge < -0.3 is 20.3 Å². The van der Waals surface area contributed by atoms with E-state index in [4.69, 9.17) is 4.74 Å². The maximum absolute atomic E-state index is 12.3. The van der Waals surface area contributed by atoms with E-state index in [1.807, 2.05) is 14.1 Å². The molecule has 0 aliphatic heterocycles. The predicted octanol–water partition coefficient (Wildman–Crippen LogP) is 1.88. The molecule has 0 saturated carbocycles. The van der Waals surface area contributed by atoms with Gasteiger partial charge in [0, 0.05) is 6.54 Å². The van der Waals surface area contributed by atoms with Gasteiger partial charge in [-0.1, -0.05) is 12.1 Å². The summed E-state index contributed by atoms with van der Waals surface area (Å²) in [5, 5.41) is 13.7. The summed E-state index contributed by atoms with van der Waals surface area (Å²) in [6, 6.07) is 9.89. The van der Waals surface area contributed by atoms with Crippen LogP contribution in [-0.2, 0) is 4.74 Å². The van der Waals surface area contributed by atoms with E-state index in [2.05, 4.69) is 25.7 Å². The van der Waals surface area contributed by atoms with Crippen molar-refractivity contribution in [3.05, 3.63) is 47.7 Å². The third kappa shape index (κ3) is 5.52. The summed E-state index contributed by atoms with van der Waals surface area (Å²) < 4.78 is 4.71. The highest BCUT2D eigenvalue weighted by Crippen LogP contribution is 2.17. The van der Waals surface area contributed by atoms with Crippen LogP contribution in [0.2, 0.25) is 0 Å². The molecule has 0 spiro atoms. The van der Waals surface area contributed by atoms with Crippen LogP contribution in [0.1, 0.15) is 27.3 Å². The standard InChI is InChI=1S/C18H23N5O3/c1-23(2)12-6-11-19-16-10-9-15(21-22-16)17(24)20-14-8-5-4-7-13(14)18(25)26-3/h4-5,7-10H,6,11-12H2,1-3H3,(H,19,22)(H,20,24). The van der Waals surface area contributed by atoms with Crippen LogP contribution in [0.15, 0.2) is 36.4 Å². The Morgan fingerprint density at radius 3 is 2.54 bits per heavy atom. The molecule has 0 radical (unpaired) electrons. The number of ether oxygens (including phenoxy) is 1. The van der Waals surface area contributed by atoms with Crippen LogP contribution >= 0.6 is 0 Å². The number of benzene rings is 1. The Morgan fingerprint density at radius 1 is 1.12 bits per heavy atom. The topological polar surface area (TPSA) is 96.4 Å². The number of amides is 1. The number of aromatic nitrogens is 2. The summed E-state index contributed by atoms with van der Waals surface area (Å²) in [7, 11) is 5.33. The van der Waals surface area contributed by atoms with Crippen LogP contribution in [0.5, 0.6) is 0 Å². The lowest BCUT2D eigenvalue weighted by Gasteiger charge is -2.10. The molecular weight excluding hydrogens is 334 g/mol. The zero-order chi connectivity index (χ0) is 18.9. The third-order valence-electron chi connectivity index (χ3n) is 3.57. The number of methoxy groups -OCH3 is 1. The Balaban J connectivity index is 1.97. The van der Waals surface area contributed by atoms with Crippen molar-refractivity contribution in [2.24, 2.45) is 0 Å². The summed E-state index contributed by atoms with van der Waals surface area (Å²) in [4.78, 5) is 26.2.